The topological polar surface area (TPSA) is 57.3 Å². The molecule has 2 aromatic carbocycles. The van der Waals surface area contributed by atoms with Crippen molar-refractivity contribution in [3.63, 3.8) is 0 Å². The summed E-state index contributed by atoms with van der Waals surface area (Å²) in [5.41, 5.74) is 5.21. The number of halogens is 1. The van der Waals surface area contributed by atoms with Crippen molar-refractivity contribution in [2.75, 3.05) is 37.4 Å². The van der Waals surface area contributed by atoms with Crippen LogP contribution in [0, 0.1) is 0 Å². The number of carbonyl (C=O) groups is 1. The number of rotatable bonds is 5. The van der Waals surface area contributed by atoms with E-state index < -0.39 is 0 Å². The van der Waals surface area contributed by atoms with Crippen molar-refractivity contribution in [2.45, 2.75) is 25.2 Å². The Bertz CT molecular complexity index is 1070. The molecule has 2 heterocycles. The molecule has 1 unspecified atom stereocenters. The Morgan fingerprint density at radius 2 is 1.94 bits per heavy atom. The molecule has 1 atom stereocenters. The Labute approximate surface area is 194 Å². The third kappa shape index (κ3) is 5.12. The zero-order chi connectivity index (χ0) is 22.5. The predicted octanol–water partition coefficient (Wildman–Crippen LogP) is 5.58. The van der Waals surface area contributed by atoms with E-state index in [2.05, 4.69) is 15.6 Å². The summed E-state index contributed by atoms with van der Waals surface area (Å²) in [5.74, 6) is 0.133. The van der Waals surface area contributed by atoms with Gasteiger partial charge in [-0.1, -0.05) is 30.2 Å². The SMILES string of the molecule is CN(C)c1ccc(-c2cc(C(=O)Nc3cccnc3C3CCCCNC3)ccc2Cl)cc1. The zero-order valence-electron chi connectivity index (χ0n) is 18.6. The molecule has 0 aliphatic carbocycles. The summed E-state index contributed by atoms with van der Waals surface area (Å²) in [5, 5.41) is 7.18. The number of pyridine rings is 1. The lowest BCUT2D eigenvalue weighted by molar-refractivity contribution is 0.102. The highest BCUT2D eigenvalue weighted by atomic mass is 35.5. The standard InChI is InChI=1S/C26H29ClN4O/c1-31(2)21-11-8-18(9-12-21)22-16-19(10-13-23(22)27)26(32)30-24-7-5-15-29-25(24)20-6-3-4-14-28-17-20/h5,7-13,15-16,20,28H,3-4,6,14,17H2,1-2H3,(H,30,32). The van der Waals surface area contributed by atoms with Crippen molar-refractivity contribution in [3.05, 3.63) is 77.1 Å². The van der Waals surface area contributed by atoms with E-state index in [0.29, 0.717) is 16.5 Å². The Morgan fingerprint density at radius 1 is 1.12 bits per heavy atom. The smallest absolute Gasteiger partial charge is 0.255 e. The quantitative estimate of drug-likeness (QED) is 0.535. The largest absolute Gasteiger partial charge is 0.378 e. The van der Waals surface area contributed by atoms with Crippen LogP contribution in [-0.2, 0) is 0 Å². The van der Waals surface area contributed by atoms with Crippen LogP contribution in [-0.4, -0.2) is 38.1 Å². The molecule has 1 saturated heterocycles. The third-order valence-electron chi connectivity index (χ3n) is 5.94. The molecular formula is C26H29ClN4O. The highest BCUT2D eigenvalue weighted by Crippen LogP contribution is 2.31. The van der Waals surface area contributed by atoms with Crippen LogP contribution in [0.3, 0.4) is 0 Å². The summed E-state index contributed by atoms with van der Waals surface area (Å²) in [6, 6.07) is 17.3. The van der Waals surface area contributed by atoms with Gasteiger partial charge in [-0.15, -0.1) is 0 Å². The van der Waals surface area contributed by atoms with E-state index in [1.165, 1.54) is 6.42 Å². The first-order valence-corrected chi connectivity index (χ1v) is 11.4. The lowest BCUT2D eigenvalue weighted by Gasteiger charge is -2.18. The zero-order valence-corrected chi connectivity index (χ0v) is 19.3. The van der Waals surface area contributed by atoms with Gasteiger partial charge in [0.25, 0.3) is 5.91 Å². The van der Waals surface area contributed by atoms with Crippen LogP contribution in [0.25, 0.3) is 11.1 Å². The molecule has 1 aromatic heterocycles. The molecular weight excluding hydrogens is 420 g/mol. The minimum absolute atomic E-state index is 0.163. The van der Waals surface area contributed by atoms with Gasteiger partial charge in [-0.05, 0) is 67.4 Å². The van der Waals surface area contributed by atoms with E-state index in [1.807, 2.05) is 61.5 Å². The van der Waals surface area contributed by atoms with Crippen LogP contribution in [0.2, 0.25) is 5.02 Å². The molecule has 0 spiro atoms. The minimum Gasteiger partial charge on any atom is -0.378 e. The molecule has 0 radical (unpaired) electrons. The second kappa shape index (κ2) is 10.2. The Morgan fingerprint density at radius 3 is 2.72 bits per heavy atom. The van der Waals surface area contributed by atoms with Crippen molar-refractivity contribution >= 4 is 28.9 Å². The first-order chi connectivity index (χ1) is 15.5. The Hall–Kier alpha value is -2.89. The summed E-state index contributed by atoms with van der Waals surface area (Å²) in [7, 11) is 4.01. The molecule has 1 aliphatic heterocycles. The Kier molecular flexibility index (Phi) is 7.08. The molecule has 1 amide bonds. The van der Waals surface area contributed by atoms with Crippen molar-refractivity contribution in [1.82, 2.24) is 10.3 Å². The van der Waals surface area contributed by atoms with Crippen LogP contribution >= 0.6 is 11.6 Å². The van der Waals surface area contributed by atoms with Crippen molar-refractivity contribution in [2.24, 2.45) is 0 Å². The van der Waals surface area contributed by atoms with E-state index in [-0.39, 0.29) is 5.91 Å². The molecule has 0 saturated carbocycles. The van der Waals surface area contributed by atoms with Crippen LogP contribution in [0.15, 0.2) is 60.8 Å². The number of hydrogen-bond donors (Lipinski definition) is 2. The summed E-state index contributed by atoms with van der Waals surface area (Å²) >= 11 is 6.48. The summed E-state index contributed by atoms with van der Waals surface area (Å²) in [6.07, 6.45) is 5.21. The van der Waals surface area contributed by atoms with Gasteiger partial charge in [0.05, 0.1) is 11.4 Å². The maximum Gasteiger partial charge on any atom is 0.255 e. The number of anilines is 2. The normalized spacial score (nSPS) is 16.3. The molecule has 166 valence electrons. The number of nitrogens with zero attached hydrogens (tertiary/aromatic N) is 2. The molecule has 4 rings (SSSR count). The average molecular weight is 449 g/mol. The van der Waals surface area contributed by atoms with Crippen molar-refractivity contribution in [1.29, 1.82) is 0 Å². The fraction of sp³-hybridized carbons (Fsp3) is 0.308. The minimum atomic E-state index is -0.163. The number of nitrogens with one attached hydrogen (secondary N) is 2. The summed E-state index contributed by atoms with van der Waals surface area (Å²) < 4.78 is 0. The number of aromatic nitrogens is 1. The highest BCUT2D eigenvalue weighted by molar-refractivity contribution is 6.33. The maximum atomic E-state index is 13.2. The van der Waals surface area contributed by atoms with Crippen LogP contribution in [0.5, 0.6) is 0 Å². The molecule has 6 heteroatoms. The second-order valence-electron chi connectivity index (χ2n) is 8.42. The van der Waals surface area contributed by atoms with Gasteiger partial charge in [-0.3, -0.25) is 9.78 Å². The van der Waals surface area contributed by atoms with Gasteiger partial charge in [0.2, 0.25) is 0 Å². The van der Waals surface area contributed by atoms with Gasteiger partial charge in [0.1, 0.15) is 0 Å². The van der Waals surface area contributed by atoms with Crippen LogP contribution in [0.1, 0.15) is 41.2 Å². The number of carbonyl (C=O) groups excluding carboxylic acids is 1. The second-order valence-corrected chi connectivity index (χ2v) is 8.83. The Balaban J connectivity index is 1.58. The monoisotopic (exact) mass is 448 g/mol. The van der Waals surface area contributed by atoms with E-state index in [1.54, 1.807) is 18.3 Å². The summed E-state index contributed by atoms with van der Waals surface area (Å²) in [4.78, 5) is 19.8. The van der Waals surface area contributed by atoms with Crippen molar-refractivity contribution in [3.8, 4) is 11.1 Å². The lowest BCUT2D eigenvalue weighted by Crippen LogP contribution is -2.22. The fourth-order valence-electron chi connectivity index (χ4n) is 4.12. The molecule has 5 nitrogen and oxygen atoms in total. The lowest BCUT2D eigenvalue weighted by atomic mass is 9.97. The number of hydrogen-bond acceptors (Lipinski definition) is 4. The van der Waals surface area contributed by atoms with Crippen LogP contribution < -0.4 is 15.5 Å². The molecule has 2 N–H and O–H groups in total. The van der Waals surface area contributed by atoms with Gasteiger partial charge in [0.15, 0.2) is 0 Å². The molecule has 0 bridgehead atoms. The maximum absolute atomic E-state index is 13.2. The van der Waals surface area contributed by atoms with Gasteiger partial charge < -0.3 is 15.5 Å². The van der Waals surface area contributed by atoms with Crippen LogP contribution in [0.4, 0.5) is 11.4 Å². The van der Waals surface area contributed by atoms with Gasteiger partial charge in [-0.25, -0.2) is 0 Å². The first-order valence-electron chi connectivity index (χ1n) is 11.1. The van der Waals surface area contributed by atoms with Gasteiger partial charge in [0, 0.05) is 54.6 Å². The van der Waals surface area contributed by atoms with Crippen molar-refractivity contribution < 1.29 is 4.79 Å². The van der Waals surface area contributed by atoms with E-state index in [9.17, 15) is 4.79 Å². The average Bonchev–Trinajstić information content (AvgIpc) is 3.09. The molecule has 32 heavy (non-hydrogen) atoms. The molecule has 1 fully saturated rings. The van der Waals surface area contributed by atoms with Gasteiger partial charge >= 0.3 is 0 Å². The number of benzene rings is 2. The third-order valence-corrected chi connectivity index (χ3v) is 6.27. The first kappa shape index (κ1) is 22.3. The molecule has 3 aromatic rings. The van der Waals surface area contributed by atoms with E-state index in [0.717, 1.165) is 54.1 Å². The van der Waals surface area contributed by atoms with E-state index in [4.69, 9.17) is 11.6 Å². The highest BCUT2D eigenvalue weighted by Gasteiger charge is 2.20. The predicted molar refractivity (Wildman–Crippen MR) is 133 cm³/mol. The summed E-state index contributed by atoms with van der Waals surface area (Å²) in [6.45, 7) is 1.92. The van der Waals surface area contributed by atoms with E-state index >= 15 is 0 Å². The fourth-order valence-corrected chi connectivity index (χ4v) is 4.35. The van der Waals surface area contributed by atoms with Gasteiger partial charge in [-0.2, -0.15) is 0 Å². The molecule has 1 aliphatic rings. The number of amides is 1.